The van der Waals surface area contributed by atoms with Crippen molar-refractivity contribution in [2.24, 2.45) is 0 Å². The summed E-state index contributed by atoms with van der Waals surface area (Å²) >= 11 is 3.58. The minimum absolute atomic E-state index is 0.499. The van der Waals surface area contributed by atoms with E-state index in [4.69, 9.17) is 11.0 Å². The van der Waals surface area contributed by atoms with E-state index < -0.39 is 0 Å². The summed E-state index contributed by atoms with van der Waals surface area (Å²) in [6.45, 7) is 5.92. The number of hydrogen-bond acceptors (Lipinski definition) is 2. The van der Waals surface area contributed by atoms with Gasteiger partial charge in [0.15, 0.2) is 0 Å². The van der Waals surface area contributed by atoms with E-state index >= 15 is 0 Å². The van der Waals surface area contributed by atoms with Gasteiger partial charge in [-0.05, 0) is 53.9 Å². The maximum absolute atomic E-state index is 9.15. The molecule has 4 heteroatoms. The quantitative estimate of drug-likeness (QED) is 0.875. The number of benzene rings is 1. The summed E-state index contributed by atoms with van der Waals surface area (Å²) < 4.78 is 2.92. The summed E-state index contributed by atoms with van der Waals surface area (Å²) in [7, 11) is 0. The van der Waals surface area contributed by atoms with Crippen molar-refractivity contribution in [1.82, 2.24) is 4.57 Å². The highest BCUT2D eigenvalue weighted by atomic mass is 79.9. The molecular formula is C14H14BrN3. The lowest BCUT2D eigenvalue weighted by Crippen LogP contribution is -2.03. The fraction of sp³-hybridized carbons (Fsp3) is 0.214. The molecule has 0 bridgehead atoms. The molecule has 2 aromatic rings. The Balaban J connectivity index is 2.81. The third-order valence-electron chi connectivity index (χ3n) is 3.27. The smallest absolute Gasteiger partial charge is 0.126 e. The van der Waals surface area contributed by atoms with Crippen molar-refractivity contribution in [3.05, 3.63) is 45.1 Å². The number of nitriles is 1. The second-order valence-corrected chi connectivity index (χ2v) is 5.12. The van der Waals surface area contributed by atoms with Crippen LogP contribution >= 0.6 is 15.9 Å². The van der Waals surface area contributed by atoms with Crippen LogP contribution in [0.25, 0.3) is 5.69 Å². The molecule has 2 N–H and O–H groups in total. The van der Waals surface area contributed by atoms with Crippen LogP contribution in [0.2, 0.25) is 0 Å². The molecule has 0 atom stereocenters. The molecule has 92 valence electrons. The topological polar surface area (TPSA) is 54.7 Å². The van der Waals surface area contributed by atoms with E-state index in [0.29, 0.717) is 11.4 Å². The molecule has 0 fully saturated rings. The average molecular weight is 304 g/mol. The second-order valence-electron chi connectivity index (χ2n) is 4.33. The maximum Gasteiger partial charge on any atom is 0.126 e. The molecule has 0 unspecified atom stereocenters. The average Bonchev–Trinajstić information content (AvgIpc) is 2.55. The molecule has 1 aromatic carbocycles. The Labute approximate surface area is 115 Å². The fourth-order valence-electron chi connectivity index (χ4n) is 2.09. The Hall–Kier alpha value is -1.73. The Morgan fingerprint density at radius 2 is 1.94 bits per heavy atom. The van der Waals surface area contributed by atoms with Crippen molar-refractivity contribution < 1.29 is 0 Å². The zero-order valence-electron chi connectivity index (χ0n) is 10.6. The van der Waals surface area contributed by atoms with Gasteiger partial charge in [-0.15, -0.1) is 0 Å². The summed E-state index contributed by atoms with van der Waals surface area (Å²) in [4.78, 5) is 0. The minimum Gasteiger partial charge on any atom is -0.384 e. The first-order chi connectivity index (χ1) is 8.49. The maximum atomic E-state index is 9.15. The minimum atomic E-state index is 0.499. The molecule has 3 nitrogen and oxygen atoms in total. The fourth-order valence-corrected chi connectivity index (χ4v) is 2.53. The predicted octanol–water partition coefficient (Wildman–Crippen LogP) is 3.62. The highest BCUT2D eigenvalue weighted by Crippen LogP contribution is 2.32. The lowest BCUT2D eigenvalue weighted by atomic mass is 10.2. The molecule has 2 rings (SSSR count). The summed E-state index contributed by atoms with van der Waals surface area (Å²) in [6.07, 6.45) is 0. The number of anilines is 1. The normalized spacial score (nSPS) is 10.4. The van der Waals surface area contributed by atoms with Crippen LogP contribution in [0.1, 0.15) is 22.4 Å². The lowest BCUT2D eigenvalue weighted by Gasteiger charge is -2.12. The largest absolute Gasteiger partial charge is 0.384 e. The van der Waals surface area contributed by atoms with Crippen molar-refractivity contribution in [3.63, 3.8) is 0 Å². The van der Waals surface area contributed by atoms with Crippen molar-refractivity contribution in [3.8, 4) is 11.8 Å². The van der Waals surface area contributed by atoms with Crippen LogP contribution < -0.4 is 5.73 Å². The zero-order chi connectivity index (χ0) is 13.4. The van der Waals surface area contributed by atoms with Gasteiger partial charge in [0.05, 0.1) is 11.3 Å². The van der Waals surface area contributed by atoms with Crippen molar-refractivity contribution in [1.29, 1.82) is 5.26 Å². The Kier molecular flexibility index (Phi) is 3.18. The molecule has 0 aliphatic rings. The van der Waals surface area contributed by atoms with Gasteiger partial charge in [0.2, 0.25) is 0 Å². The molecule has 0 saturated carbocycles. The first-order valence-corrected chi connectivity index (χ1v) is 6.41. The van der Waals surface area contributed by atoms with E-state index in [1.54, 1.807) is 0 Å². The van der Waals surface area contributed by atoms with Crippen LogP contribution in [0.4, 0.5) is 5.82 Å². The molecule has 1 heterocycles. The summed E-state index contributed by atoms with van der Waals surface area (Å²) in [5.74, 6) is 0.499. The van der Waals surface area contributed by atoms with Gasteiger partial charge < -0.3 is 5.73 Å². The van der Waals surface area contributed by atoms with Gasteiger partial charge in [-0.25, -0.2) is 0 Å². The zero-order valence-corrected chi connectivity index (χ0v) is 12.2. The third kappa shape index (κ3) is 1.72. The van der Waals surface area contributed by atoms with Gasteiger partial charge in [0.1, 0.15) is 11.9 Å². The van der Waals surface area contributed by atoms with Crippen molar-refractivity contribution >= 4 is 21.7 Å². The van der Waals surface area contributed by atoms with E-state index in [2.05, 4.69) is 22.0 Å². The standard InChI is InChI=1S/C14H14BrN3/c1-8-5-4-6-12(13(8)15)18-10(3)9(2)11(7-16)14(18)17/h4-6H,17H2,1-3H3. The van der Waals surface area contributed by atoms with E-state index in [1.807, 2.05) is 43.5 Å². The molecule has 0 saturated heterocycles. The first-order valence-electron chi connectivity index (χ1n) is 5.62. The first kappa shape index (κ1) is 12.7. The van der Waals surface area contributed by atoms with Gasteiger partial charge in [-0.3, -0.25) is 4.57 Å². The van der Waals surface area contributed by atoms with E-state index in [9.17, 15) is 0 Å². The SMILES string of the molecule is Cc1cccc(-n2c(C)c(C)c(C#N)c2N)c1Br. The summed E-state index contributed by atoms with van der Waals surface area (Å²) in [6, 6.07) is 8.16. The molecule has 1 aromatic heterocycles. The number of nitrogens with two attached hydrogens (primary N) is 1. The Bertz CT molecular complexity index is 663. The number of nitrogens with zero attached hydrogens (tertiary/aromatic N) is 2. The molecule has 18 heavy (non-hydrogen) atoms. The van der Waals surface area contributed by atoms with Crippen LogP contribution in [0, 0.1) is 32.1 Å². The molecular weight excluding hydrogens is 290 g/mol. The van der Waals surface area contributed by atoms with E-state index in [-0.39, 0.29) is 0 Å². The van der Waals surface area contributed by atoms with Gasteiger partial charge in [-0.1, -0.05) is 12.1 Å². The highest BCUT2D eigenvalue weighted by molar-refractivity contribution is 9.10. The molecule has 0 aliphatic carbocycles. The number of nitrogen functional groups attached to an aromatic ring is 1. The second kappa shape index (κ2) is 4.51. The van der Waals surface area contributed by atoms with Crippen LogP contribution in [0.5, 0.6) is 0 Å². The Morgan fingerprint density at radius 1 is 1.28 bits per heavy atom. The predicted molar refractivity (Wildman–Crippen MR) is 76.8 cm³/mol. The van der Waals surface area contributed by atoms with Crippen LogP contribution in [0.3, 0.4) is 0 Å². The molecule has 0 spiro atoms. The van der Waals surface area contributed by atoms with Gasteiger partial charge in [0.25, 0.3) is 0 Å². The van der Waals surface area contributed by atoms with Gasteiger partial charge in [0, 0.05) is 10.2 Å². The van der Waals surface area contributed by atoms with Gasteiger partial charge >= 0.3 is 0 Å². The molecule has 0 amide bonds. The van der Waals surface area contributed by atoms with E-state index in [0.717, 1.165) is 27.0 Å². The van der Waals surface area contributed by atoms with Crippen molar-refractivity contribution in [2.45, 2.75) is 20.8 Å². The van der Waals surface area contributed by atoms with Crippen LogP contribution in [-0.2, 0) is 0 Å². The van der Waals surface area contributed by atoms with Crippen molar-refractivity contribution in [2.75, 3.05) is 5.73 Å². The number of rotatable bonds is 1. The third-order valence-corrected chi connectivity index (χ3v) is 4.31. The van der Waals surface area contributed by atoms with Crippen LogP contribution in [0.15, 0.2) is 22.7 Å². The highest BCUT2D eigenvalue weighted by Gasteiger charge is 2.18. The monoisotopic (exact) mass is 303 g/mol. The Morgan fingerprint density at radius 3 is 2.50 bits per heavy atom. The van der Waals surface area contributed by atoms with E-state index in [1.165, 1.54) is 0 Å². The number of aromatic nitrogens is 1. The number of hydrogen-bond donors (Lipinski definition) is 1. The number of aryl methyl sites for hydroxylation is 1. The molecule has 0 radical (unpaired) electrons. The van der Waals surface area contributed by atoms with Gasteiger partial charge in [-0.2, -0.15) is 5.26 Å². The summed E-state index contributed by atoms with van der Waals surface area (Å²) in [5, 5.41) is 9.15. The van der Waals surface area contributed by atoms with Crippen LogP contribution in [-0.4, -0.2) is 4.57 Å². The lowest BCUT2D eigenvalue weighted by molar-refractivity contribution is 1.01. The summed E-state index contributed by atoms with van der Waals surface area (Å²) in [5.41, 5.74) is 10.7. The molecule has 0 aliphatic heterocycles. The number of halogens is 1.